The van der Waals surface area contributed by atoms with Crippen LogP contribution in [-0.2, 0) is 0 Å². The molecule has 0 saturated carbocycles. The van der Waals surface area contributed by atoms with Crippen molar-refractivity contribution in [3.63, 3.8) is 0 Å². The van der Waals surface area contributed by atoms with Gasteiger partial charge in [-0.25, -0.2) is 0 Å². The van der Waals surface area contributed by atoms with Crippen LogP contribution in [0.15, 0.2) is 16.6 Å². The minimum absolute atomic E-state index is 0.0683. The van der Waals surface area contributed by atoms with Crippen molar-refractivity contribution >= 4 is 15.9 Å². The Morgan fingerprint density at radius 3 is 2.25 bits per heavy atom. The smallest absolute Gasteiger partial charge is 0.389 e. The summed E-state index contributed by atoms with van der Waals surface area (Å²) >= 11 is 3.32. The molecule has 0 amide bonds. The molecule has 1 rings (SSSR count). The van der Waals surface area contributed by atoms with Crippen LogP contribution in [0.5, 0.6) is 11.5 Å². The molecule has 1 atom stereocenters. The van der Waals surface area contributed by atoms with Crippen LogP contribution in [0.3, 0.4) is 0 Å². The molecular weight excluding hydrogens is 339 g/mol. The maximum atomic E-state index is 12.4. The summed E-state index contributed by atoms with van der Waals surface area (Å²) in [6.07, 6.45) is -5.11. The number of alkyl halides is 3. The van der Waals surface area contributed by atoms with E-state index < -0.39 is 18.6 Å². The number of nitrogens with one attached hydrogen (secondary N) is 1. The number of halogens is 4. The summed E-state index contributed by atoms with van der Waals surface area (Å²) in [5.74, 6) is 1.06. The van der Waals surface area contributed by atoms with Gasteiger partial charge in [-0.2, -0.15) is 13.2 Å². The van der Waals surface area contributed by atoms with E-state index in [1.807, 2.05) is 0 Å². The zero-order valence-corrected chi connectivity index (χ0v) is 13.1. The lowest BCUT2D eigenvalue weighted by Gasteiger charge is -2.21. The van der Waals surface area contributed by atoms with Gasteiger partial charge in [0, 0.05) is 18.0 Å². The van der Waals surface area contributed by atoms with Crippen LogP contribution in [0.1, 0.15) is 24.4 Å². The number of benzene rings is 1. The minimum Gasteiger partial charge on any atom is -0.496 e. The van der Waals surface area contributed by atoms with E-state index in [-0.39, 0.29) is 6.42 Å². The quantitative estimate of drug-likeness (QED) is 0.834. The Kier molecular flexibility index (Phi) is 6.13. The predicted molar refractivity (Wildman–Crippen MR) is 74.3 cm³/mol. The van der Waals surface area contributed by atoms with Crippen molar-refractivity contribution in [3.05, 3.63) is 22.2 Å². The highest BCUT2D eigenvalue weighted by atomic mass is 79.9. The molecule has 0 aliphatic carbocycles. The third-order valence-corrected chi connectivity index (χ3v) is 3.56. The van der Waals surface area contributed by atoms with E-state index in [4.69, 9.17) is 9.47 Å². The molecule has 0 heterocycles. The fourth-order valence-corrected chi connectivity index (χ4v) is 2.40. The maximum Gasteiger partial charge on any atom is 0.389 e. The van der Waals surface area contributed by atoms with Gasteiger partial charge >= 0.3 is 6.18 Å². The molecule has 0 aliphatic rings. The molecule has 1 aromatic rings. The molecule has 0 bridgehead atoms. The fraction of sp³-hybridized carbons (Fsp3) is 0.538. The minimum atomic E-state index is -4.18. The topological polar surface area (TPSA) is 30.5 Å². The first-order valence-electron chi connectivity index (χ1n) is 5.97. The Morgan fingerprint density at radius 2 is 1.80 bits per heavy atom. The van der Waals surface area contributed by atoms with Gasteiger partial charge in [0.15, 0.2) is 0 Å². The van der Waals surface area contributed by atoms with Gasteiger partial charge in [0.25, 0.3) is 0 Å². The summed E-state index contributed by atoms with van der Waals surface area (Å²) in [4.78, 5) is 0. The number of hydrogen-bond acceptors (Lipinski definition) is 3. The third-order valence-electron chi connectivity index (χ3n) is 2.94. The zero-order valence-electron chi connectivity index (χ0n) is 11.5. The first-order valence-corrected chi connectivity index (χ1v) is 6.77. The molecule has 0 aliphatic heterocycles. The standard InChI is InChI=1S/C13H17BrF3NO2/c1-18-10(4-5-13(15,16)17)8-6-12(20-3)9(14)7-11(8)19-2/h6-7,10,18H,4-5H2,1-3H3. The zero-order chi connectivity index (χ0) is 15.3. The molecule has 3 nitrogen and oxygen atoms in total. The molecular formula is C13H17BrF3NO2. The average molecular weight is 356 g/mol. The second-order valence-electron chi connectivity index (χ2n) is 4.22. The van der Waals surface area contributed by atoms with Crippen molar-refractivity contribution in [2.75, 3.05) is 21.3 Å². The summed E-state index contributed by atoms with van der Waals surface area (Å²) < 4.78 is 48.2. The SMILES string of the molecule is CNC(CCC(F)(F)F)c1cc(OC)c(Br)cc1OC. The summed E-state index contributed by atoms with van der Waals surface area (Å²) in [5.41, 5.74) is 0.638. The van der Waals surface area contributed by atoms with Gasteiger partial charge in [-0.1, -0.05) is 0 Å². The van der Waals surface area contributed by atoms with Crippen LogP contribution in [0, 0.1) is 0 Å². The van der Waals surface area contributed by atoms with Gasteiger partial charge in [-0.3, -0.25) is 0 Å². The highest BCUT2D eigenvalue weighted by Crippen LogP contribution is 2.38. The lowest BCUT2D eigenvalue weighted by molar-refractivity contribution is -0.136. The van der Waals surface area contributed by atoms with E-state index in [0.29, 0.717) is 21.5 Å². The normalized spacial score (nSPS) is 13.2. The van der Waals surface area contributed by atoms with Crippen LogP contribution in [0.2, 0.25) is 0 Å². The monoisotopic (exact) mass is 355 g/mol. The van der Waals surface area contributed by atoms with Crippen molar-refractivity contribution in [2.24, 2.45) is 0 Å². The van der Waals surface area contributed by atoms with Gasteiger partial charge in [0.2, 0.25) is 0 Å². The molecule has 0 saturated heterocycles. The fourth-order valence-electron chi connectivity index (χ4n) is 1.92. The molecule has 1 aromatic carbocycles. The Balaban J connectivity index is 3.06. The van der Waals surface area contributed by atoms with Crippen molar-refractivity contribution in [2.45, 2.75) is 25.1 Å². The van der Waals surface area contributed by atoms with Gasteiger partial charge in [0.1, 0.15) is 11.5 Å². The summed E-state index contributed by atoms with van der Waals surface area (Å²) in [7, 11) is 4.60. The first kappa shape index (κ1) is 17.1. The molecule has 0 aromatic heterocycles. The van der Waals surface area contributed by atoms with Crippen molar-refractivity contribution in [1.82, 2.24) is 5.32 Å². The molecule has 7 heteroatoms. The lowest BCUT2D eigenvalue weighted by Crippen LogP contribution is -2.20. The van der Waals surface area contributed by atoms with Gasteiger partial charge in [-0.05, 0) is 41.5 Å². The Hall–Kier alpha value is -0.950. The summed E-state index contributed by atoms with van der Waals surface area (Å²) in [5, 5.41) is 2.89. The predicted octanol–water partition coefficient (Wildman–Crippen LogP) is 4.07. The van der Waals surface area contributed by atoms with Crippen LogP contribution in [0.25, 0.3) is 0 Å². The Morgan fingerprint density at radius 1 is 1.20 bits per heavy atom. The molecule has 1 unspecified atom stereocenters. The Bertz CT molecular complexity index is 452. The molecule has 1 N–H and O–H groups in total. The van der Waals surface area contributed by atoms with Gasteiger partial charge in [0.05, 0.1) is 18.7 Å². The average Bonchev–Trinajstić information content (AvgIpc) is 2.38. The highest BCUT2D eigenvalue weighted by Gasteiger charge is 2.29. The first-order chi connectivity index (χ1) is 9.32. The van der Waals surface area contributed by atoms with Gasteiger partial charge < -0.3 is 14.8 Å². The third kappa shape index (κ3) is 4.56. The number of hydrogen-bond donors (Lipinski definition) is 1. The van der Waals surface area contributed by atoms with Crippen LogP contribution in [0.4, 0.5) is 13.2 Å². The second-order valence-corrected chi connectivity index (χ2v) is 5.08. The van der Waals surface area contributed by atoms with E-state index in [1.54, 1.807) is 19.2 Å². The van der Waals surface area contributed by atoms with Crippen molar-refractivity contribution in [3.8, 4) is 11.5 Å². The molecule has 114 valence electrons. The maximum absolute atomic E-state index is 12.4. The molecule has 0 radical (unpaired) electrons. The molecule has 0 spiro atoms. The number of rotatable bonds is 6. The van der Waals surface area contributed by atoms with Crippen molar-refractivity contribution < 1.29 is 22.6 Å². The van der Waals surface area contributed by atoms with Gasteiger partial charge in [-0.15, -0.1) is 0 Å². The molecule has 0 fully saturated rings. The van der Waals surface area contributed by atoms with E-state index >= 15 is 0 Å². The van der Waals surface area contributed by atoms with E-state index in [0.717, 1.165) is 0 Å². The largest absolute Gasteiger partial charge is 0.496 e. The Labute approximate surface area is 124 Å². The van der Waals surface area contributed by atoms with E-state index in [2.05, 4.69) is 21.2 Å². The number of ether oxygens (including phenoxy) is 2. The van der Waals surface area contributed by atoms with Crippen molar-refractivity contribution in [1.29, 1.82) is 0 Å². The number of methoxy groups -OCH3 is 2. The van der Waals surface area contributed by atoms with Crippen LogP contribution in [-0.4, -0.2) is 27.4 Å². The lowest BCUT2D eigenvalue weighted by atomic mass is 10.0. The molecule has 20 heavy (non-hydrogen) atoms. The van der Waals surface area contributed by atoms with Crippen LogP contribution < -0.4 is 14.8 Å². The summed E-state index contributed by atoms with van der Waals surface area (Å²) in [6, 6.07) is 2.90. The second kappa shape index (κ2) is 7.17. The van der Waals surface area contributed by atoms with E-state index in [9.17, 15) is 13.2 Å². The highest BCUT2D eigenvalue weighted by molar-refractivity contribution is 9.10. The van der Waals surface area contributed by atoms with Crippen LogP contribution >= 0.6 is 15.9 Å². The van der Waals surface area contributed by atoms with E-state index in [1.165, 1.54) is 14.2 Å². The summed E-state index contributed by atoms with van der Waals surface area (Å²) in [6.45, 7) is 0.